The fourth-order valence-electron chi connectivity index (χ4n) is 8.17. The third kappa shape index (κ3) is 6.37. The van der Waals surface area contributed by atoms with E-state index in [-0.39, 0.29) is 11.3 Å². The Kier molecular flexibility index (Phi) is 9.28. The fraction of sp³-hybridized carbons (Fsp3) is 0.576. The number of aliphatic carboxylic acids is 1. The zero-order valence-electron chi connectivity index (χ0n) is 24.4. The van der Waals surface area contributed by atoms with Crippen LogP contribution in [0.4, 0.5) is 13.2 Å². The molecule has 1 spiro atoms. The van der Waals surface area contributed by atoms with Crippen LogP contribution in [0, 0.1) is 18.8 Å². The van der Waals surface area contributed by atoms with Gasteiger partial charge in [-0.25, -0.2) is 0 Å². The van der Waals surface area contributed by atoms with Gasteiger partial charge in [-0.3, -0.25) is 4.79 Å². The summed E-state index contributed by atoms with van der Waals surface area (Å²) in [4.78, 5) is 25.7. The van der Waals surface area contributed by atoms with Gasteiger partial charge in [-0.1, -0.05) is 73.4 Å². The van der Waals surface area contributed by atoms with E-state index in [1.54, 1.807) is 0 Å². The summed E-state index contributed by atoms with van der Waals surface area (Å²) in [7, 11) is 0. The number of carboxylic acid groups (broad SMARTS) is 1. The molecule has 0 bridgehead atoms. The fourth-order valence-corrected chi connectivity index (χ4v) is 8.17. The highest BCUT2D eigenvalue weighted by Crippen LogP contribution is 2.43. The molecule has 1 unspecified atom stereocenters. The molecule has 1 saturated carbocycles. The van der Waals surface area contributed by atoms with Crippen molar-refractivity contribution in [1.82, 2.24) is 4.90 Å². The van der Waals surface area contributed by atoms with Gasteiger partial charge in [-0.05, 0) is 55.6 Å². The van der Waals surface area contributed by atoms with E-state index in [1.807, 2.05) is 0 Å². The van der Waals surface area contributed by atoms with Crippen molar-refractivity contribution in [3.8, 4) is 0 Å². The van der Waals surface area contributed by atoms with E-state index < -0.39 is 12.1 Å². The Balaban J connectivity index is 0.000000451. The normalized spacial score (nSPS) is 28.1. The van der Waals surface area contributed by atoms with E-state index in [2.05, 4.69) is 71.0 Å². The van der Waals surface area contributed by atoms with Crippen LogP contribution in [0.3, 0.4) is 0 Å². The first-order valence-corrected chi connectivity index (χ1v) is 15.5. The first kappa shape index (κ1) is 30.5. The number of carbonyl (C=O) groups excluding carboxylic acids is 2. The van der Waals surface area contributed by atoms with E-state index in [9.17, 15) is 18.0 Å². The van der Waals surface area contributed by atoms with Crippen LogP contribution in [0.1, 0.15) is 73.1 Å². The van der Waals surface area contributed by atoms with Gasteiger partial charge in [-0.15, -0.1) is 0 Å². The van der Waals surface area contributed by atoms with E-state index >= 15 is 0 Å². The second-order valence-corrected chi connectivity index (χ2v) is 12.7. The van der Waals surface area contributed by atoms with Crippen LogP contribution in [-0.4, -0.2) is 55.2 Å². The van der Waals surface area contributed by atoms with Gasteiger partial charge in [0.15, 0.2) is 0 Å². The second-order valence-electron chi connectivity index (χ2n) is 12.7. The zero-order chi connectivity index (χ0) is 29.9. The summed E-state index contributed by atoms with van der Waals surface area (Å²) in [6, 6.07) is 18.5. The van der Waals surface area contributed by atoms with Gasteiger partial charge in [0.1, 0.15) is 23.8 Å². The number of rotatable bonds is 3. The number of likely N-dealkylation sites (tertiary alicyclic amines) is 1. The zero-order valence-corrected chi connectivity index (χ0v) is 24.4. The summed E-state index contributed by atoms with van der Waals surface area (Å²) in [5.74, 6) is -1.19. The topological polar surface area (TPSA) is 93.7 Å². The van der Waals surface area contributed by atoms with Crippen molar-refractivity contribution >= 4 is 11.9 Å². The molecule has 2 saturated heterocycles. The molecule has 4 atom stereocenters. The summed E-state index contributed by atoms with van der Waals surface area (Å²) in [5.41, 5.74) is 5.70. The lowest BCUT2D eigenvalue weighted by molar-refractivity contribution is -0.691. The van der Waals surface area contributed by atoms with Gasteiger partial charge in [-0.2, -0.15) is 13.2 Å². The van der Waals surface area contributed by atoms with Crippen molar-refractivity contribution in [3.63, 3.8) is 0 Å². The molecule has 1 amide bonds. The molecule has 2 aromatic carbocycles. The minimum atomic E-state index is -5.19. The van der Waals surface area contributed by atoms with Crippen molar-refractivity contribution < 1.29 is 38.5 Å². The lowest BCUT2D eigenvalue weighted by Gasteiger charge is -2.47. The smallest absolute Gasteiger partial charge is 0.430 e. The van der Waals surface area contributed by atoms with Gasteiger partial charge >= 0.3 is 6.18 Å². The van der Waals surface area contributed by atoms with Crippen LogP contribution in [0.5, 0.6) is 0 Å². The third-order valence-corrected chi connectivity index (χ3v) is 10.2. The molecule has 6 nitrogen and oxygen atoms in total. The number of piperidine rings is 1. The molecule has 3 heterocycles. The van der Waals surface area contributed by atoms with Gasteiger partial charge in [0.05, 0.1) is 19.6 Å². The molecule has 3 fully saturated rings. The van der Waals surface area contributed by atoms with E-state index in [0.29, 0.717) is 23.8 Å². The van der Waals surface area contributed by atoms with E-state index in [4.69, 9.17) is 9.90 Å². The van der Waals surface area contributed by atoms with Crippen LogP contribution in [0.15, 0.2) is 48.5 Å². The lowest BCUT2D eigenvalue weighted by Crippen LogP contribution is -2.91. The number of amides is 1. The first-order chi connectivity index (χ1) is 20.1. The van der Waals surface area contributed by atoms with Crippen LogP contribution in [0.2, 0.25) is 0 Å². The van der Waals surface area contributed by atoms with Gasteiger partial charge in [0.25, 0.3) is 0 Å². The summed E-state index contributed by atoms with van der Waals surface area (Å²) in [6.45, 7) is 7.20. The van der Waals surface area contributed by atoms with Gasteiger partial charge < -0.3 is 25.4 Å². The standard InChI is InChI=1S/C31H41N3O.C2HF3O2/c1-22-12-13-27-26(16-22)18-32-20-31(27)21-33-19-28(31)30(35)34-15-14-25(23-8-4-2-5-9-23)17-29(34)24-10-6-3-7-11-24;3-2(4,5)1(6)7/h2,4-5,8-9,12-13,16,24-25,28-29,32-33H,3,6-7,10-11,14-15,17-21H2,1H3;(H,6,7)/p+1/t25-,28?,29+,31+;/m1./s1. The van der Waals surface area contributed by atoms with Crippen molar-refractivity contribution in [2.45, 2.75) is 82.0 Å². The number of hydrogen-bond donors (Lipinski definition) is 2. The number of quaternary nitrogens is 2. The van der Waals surface area contributed by atoms with Crippen LogP contribution < -0.4 is 15.7 Å². The van der Waals surface area contributed by atoms with E-state index in [0.717, 1.165) is 45.6 Å². The molecular weight excluding hydrogens is 543 g/mol. The number of fused-ring (bicyclic) bond motifs is 2. The number of hydrogen-bond acceptors (Lipinski definition) is 3. The van der Waals surface area contributed by atoms with Crippen molar-refractivity contribution in [2.75, 3.05) is 26.2 Å². The van der Waals surface area contributed by atoms with Crippen molar-refractivity contribution in [1.29, 1.82) is 0 Å². The van der Waals surface area contributed by atoms with Crippen LogP contribution >= 0.6 is 0 Å². The molecule has 2 aromatic rings. The Morgan fingerprint density at radius 1 is 0.976 bits per heavy atom. The minimum absolute atomic E-state index is 0.0221. The predicted octanol–water partition coefficient (Wildman–Crippen LogP) is 2.16. The van der Waals surface area contributed by atoms with E-state index in [1.165, 1.54) is 54.4 Å². The number of aryl methyl sites for hydroxylation is 1. The summed E-state index contributed by atoms with van der Waals surface area (Å²) >= 11 is 0. The molecule has 0 radical (unpaired) electrons. The monoisotopic (exact) mass is 586 g/mol. The predicted molar refractivity (Wildman–Crippen MR) is 150 cm³/mol. The number of nitrogens with zero attached hydrogens (tertiary/aromatic N) is 1. The number of nitrogens with two attached hydrogens (primary N) is 2. The molecule has 0 aromatic heterocycles. The Morgan fingerprint density at radius 2 is 1.67 bits per heavy atom. The number of carboxylic acids is 1. The van der Waals surface area contributed by atoms with Crippen molar-refractivity contribution in [3.05, 3.63) is 70.8 Å². The van der Waals surface area contributed by atoms with Gasteiger partial charge in [0, 0.05) is 18.2 Å². The SMILES string of the molecule is Cc1ccc2c(c1)C[NH2+]C[C@]21C[NH2+]CC1C(=O)N1CC[C@@H](c2ccccc2)C[C@H]1C1CCCCC1.O=C([O-])C(F)(F)F. The Hall–Kier alpha value is -2.91. The largest absolute Gasteiger partial charge is 0.542 e. The van der Waals surface area contributed by atoms with Crippen molar-refractivity contribution in [2.24, 2.45) is 11.8 Å². The summed E-state index contributed by atoms with van der Waals surface area (Å²) in [6.07, 6.45) is 3.69. The Bertz CT molecular complexity index is 1250. The molecule has 6 rings (SSSR count). The van der Waals surface area contributed by atoms with Crippen LogP contribution in [0.25, 0.3) is 0 Å². The minimum Gasteiger partial charge on any atom is -0.542 e. The lowest BCUT2D eigenvalue weighted by atomic mass is 9.67. The molecule has 228 valence electrons. The molecule has 9 heteroatoms. The average Bonchev–Trinajstić information content (AvgIpc) is 3.41. The molecule has 4 aliphatic rings. The molecule has 42 heavy (non-hydrogen) atoms. The third-order valence-electron chi connectivity index (χ3n) is 10.2. The quantitative estimate of drug-likeness (QED) is 0.578. The summed E-state index contributed by atoms with van der Waals surface area (Å²) in [5, 5.41) is 13.7. The first-order valence-electron chi connectivity index (χ1n) is 15.5. The molecule has 1 aliphatic carbocycles. The second kappa shape index (κ2) is 12.8. The molecule has 4 N–H and O–H groups in total. The maximum absolute atomic E-state index is 14.5. The average molecular weight is 587 g/mol. The number of carbonyl (C=O) groups is 2. The molecule has 3 aliphatic heterocycles. The highest BCUT2D eigenvalue weighted by Gasteiger charge is 2.57. The number of benzene rings is 2. The highest BCUT2D eigenvalue weighted by atomic mass is 19.4. The Labute approximate surface area is 246 Å². The number of alkyl halides is 3. The molecular formula is C33H43F3N3O3+. The van der Waals surface area contributed by atoms with Crippen LogP contribution in [-0.2, 0) is 21.5 Å². The van der Waals surface area contributed by atoms with Gasteiger partial charge in [0.2, 0.25) is 5.91 Å². The maximum Gasteiger partial charge on any atom is 0.430 e. The maximum atomic E-state index is 14.5. The highest BCUT2D eigenvalue weighted by molar-refractivity contribution is 5.82. The Morgan fingerprint density at radius 3 is 2.36 bits per heavy atom. The summed E-state index contributed by atoms with van der Waals surface area (Å²) < 4.78 is 31.5. The number of halogens is 3.